The van der Waals surface area contributed by atoms with Crippen LogP contribution in [0.3, 0.4) is 0 Å². The summed E-state index contributed by atoms with van der Waals surface area (Å²) in [5, 5.41) is 4.08. The van der Waals surface area contributed by atoms with E-state index in [-0.39, 0.29) is 35.5 Å². The van der Waals surface area contributed by atoms with Crippen LogP contribution < -0.4 is 16.6 Å². The number of fused-ring (bicyclic) bond motifs is 1. The fourth-order valence-corrected chi connectivity index (χ4v) is 1.78. The molecular weight excluding hydrogens is 278 g/mol. The molecule has 1 aromatic carbocycles. The molecular formula is C14H18ClN3O2. The van der Waals surface area contributed by atoms with Crippen molar-refractivity contribution in [2.45, 2.75) is 6.92 Å². The number of pyridine rings is 1. The van der Waals surface area contributed by atoms with Gasteiger partial charge in [-0.3, -0.25) is 9.59 Å². The molecule has 0 fully saturated rings. The maximum Gasteiger partial charge on any atom is 0.267 e. The fraction of sp³-hybridized carbons (Fsp3) is 0.286. The van der Waals surface area contributed by atoms with Crippen LogP contribution in [0.25, 0.3) is 10.8 Å². The van der Waals surface area contributed by atoms with Crippen LogP contribution in [-0.4, -0.2) is 24.0 Å². The molecule has 1 atom stereocenters. The first-order valence-electron chi connectivity index (χ1n) is 6.22. The number of halogens is 1. The van der Waals surface area contributed by atoms with Crippen molar-refractivity contribution in [3.05, 3.63) is 46.4 Å². The molecule has 0 spiro atoms. The van der Waals surface area contributed by atoms with Gasteiger partial charge in [0.1, 0.15) is 5.69 Å². The van der Waals surface area contributed by atoms with Gasteiger partial charge in [0, 0.05) is 11.9 Å². The van der Waals surface area contributed by atoms with Gasteiger partial charge in [0.15, 0.2) is 0 Å². The third-order valence-corrected chi connectivity index (χ3v) is 3.01. The first kappa shape index (κ1) is 16.2. The summed E-state index contributed by atoms with van der Waals surface area (Å²) in [5.74, 6) is -0.0840. The predicted molar refractivity (Wildman–Crippen MR) is 82.4 cm³/mol. The Morgan fingerprint density at radius 1 is 1.40 bits per heavy atom. The van der Waals surface area contributed by atoms with E-state index in [1.807, 2.05) is 19.1 Å². The van der Waals surface area contributed by atoms with Crippen LogP contribution >= 0.6 is 12.4 Å². The van der Waals surface area contributed by atoms with E-state index in [4.69, 9.17) is 5.73 Å². The molecule has 0 radical (unpaired) electrons. The van der Waals surface area contributed by atoms with Gasteiger partial charge < -0.3 is 16.0 Å². The fourth-order valence-electron chi connectivity index (χ4n) is 1.78. The van der Waals surface area contributed by atoms with E-state index in [9.17, 15) is 9.59 Å². The smallest absolute Gasteiger partial charge is 0.267 e. The van der Waals surface area contributed by atoms with Crippen molar-refractivity contribution < 1.29 is 4.79 Å². The van der Waals surface area contributed by atoms with Gasteiger partial charge in [-0.15, -0.1) is 12.4 Å². The highest BCUT2D eigenvalue weighted by atomic mass is 35.5. The van der Waals surface area contributed by atoms with E-state index in [0.29, 0.717) is 18.5 Å². The average molecular weight is 296 g/mol. The molecule has 6 heteroatoms. The standard InChI is InChI=1S/C14H17N3O2.ClH/c1-9(7-15)8-16-14(19)12-6-10-4-2-3-5-11(10)13(18)17-12;/h2-6,9H,7-8,15H2,1H3,(H,16,19)(H,17,18);1H. The minimum atomic E-state index is -0.289. The van der Waals surface area contributed by atoms with Gasteiger partial charge in [-0.25, -0.2) is 0 Å². The summed E-state index contributed by atoms with van der Waals surface area (Å²) < 4.78 is 0. The highest BCUT2D eigenvalue weighted by Gasteiger charge is 2.10. The second-order valence-corrected chi connectivity index (χ2v) is 4.65. The number of hydrogen-bond donors (Lipinski definition) is 3. The monoisotopic (exact) mass is 295 g/mol. The van der Waals surface area contributed by atoms with Crippen LogP contribution in [0, 0.1) is 5.92 Å². The molecule has 2 rings (SSSR count). The Morgan fingerprint density at radius 2 is 2.10 bits per heavy atom. The van der Waals surface area contributed by atoms with Gasteiger partial charge in [-0.2, -0.15) is 0 Å². The van der Waals surface area contributed by atoms with Crippen LogP contribution in [0.5, 0.6) is 0 Å². The molecule has 4 N–H and O–H groups in total. The maximum absolute atomic E-state index is 11.9. The second kappa shape index (κ2) is 7.07. The quantitative estimate of drug-likeness (QED) is 0.794. The molecule has 108 valence electrons. The average Bonchev–Trinajstić information content (AvgIpc) is 2.44. The Morgan fingerprint density at radius 3 is 2.80 bits per heavy atom. The zero-order valence-corrected chi connectivity index (χ0v) is 12.0. The highest BCUT2D eigenvalue weighted by Crippen LogP contribution is 2.09. The first-order chi connectivity index (χ1) is 9.11. The van der Waals surface area contributed by atoms with Crippen molar-refractivity contribution in [3.63, 3.8) is 0 Å². The number of benzene rings is 1. The van der Waals surface area contributed by atoms with Crippen LogP contribution in [0.4, 0.5) is 0 Å². The molecule has 0 saturated carbocycles. The molecule has 2 aromatic rings. The molecule has 0 saturated heterocycles. The Bertz CT molecular complexity index is 654. The molecule has 1 aromatic heterocycles. The number of hydrogen-bond acceptors (Lipinski definition) is 3. The largest absolute Gasteiger partial charge is 0.350 e. The van der Waals surface area contributed by atoms with E-state index in [1.165, 1.54) is 0 Å². The van der Waals surface area contributed by atoms with E-state index in [1.54, 1.807) is 18.2 Å². The van der Waals surface area contributed by atoms with Gasteiger partial charge in [-0.1, -0.05) is 25.1 Å². The molecule has 1 unspecified atom stereocenters. The van der Waals surface area contributed by atoms with E-state index >= 15 is 0 Å². The molecule has 5 nitrogen and oxygen atoms in total. The lowest BCUT2D eigenvalue weighted by atomic mass is 10.1. The summed E-state index contributed by atoms with van der Waals surface area (Å²) in [5.41, 5.74) is 5.50. The van der Waals surface area contributed by atoms with Gasteiger partial charge >= 0.3 is 0 Å². The Hall–Kier alpha value is -1.85. The second-order valence-electron chi connectivity index (χ2n) is 4.65. The zero-order valence-electron chi connectivity index (χ0n) is 11.2. The number of aromatic amines is 1. The Labute approximate surface area is 123 Å². The summed E-state index contributed by atoms with van der Waals surface area (Å²) >= 11 is 0. The van der Waals surface area contributed by atoms with Gasteiger partial charge in [-0.05, 0) is 30.0 Å². The normalized spacial score (nSPS) is 11.7. The molecule has 20 heavy (non-hydrogen) atoms. The minimum Gasteiger partial charge on any atom is -0.350 e. The van der Waals surface area contributed by atoms with Crippen LogP contribution in [0.1, 0.15) is 17.4 Å². The van der Waals surface area contributed by atoms with Crippen molar-refractivity contribution in [1.29, 1.82) is 0 Å². The van der Waals surface area contributed by atoms with Crippen molar-refractivity contribution in [1.82, 2.24) is 10.3 Å². The Kier molecular flexibility index (Phi) is 5.73. The summed E-state index contributed by atoms with van der Waals surface area (Å²) in [4.78, 5) is 26.4. The van der Waals surface area contributed by atoms with E-state index in [2.05, 4.69) is 10.3 Å². The van der Waals surface area contributed by atoms with Gasteiger partial charge in [0.25, 0.3) is 11.5 Å². The van der Waals surface area contributed by atoms with Crippen LogP contribution in [0.2, 0.25) is 0 Å². The number of carbonyl (C=O) groups excluding carboxylic acids is 1. The lowest BCUT2D eigenvalue weighted by molar-refractivity contribution is 0.0943. The third-order valence-electron chi connectivity index (χ3n) is 3.01. The Balaban J connectivity index is 0.00000200. The lowest BCUT2D eigenvalue weighted by Crippen LogP contribution is -2.32. The minimum absolute atomic E-state index is 0. The molecule has 0 aliphatic carbocycles. The molecule has 1 heterocycles. The summed E-state index contributed by atoms with van der Waals surface area (Å²) in [6.07, 6.45) is 0. The number of carbonyl (C=O) groups is 1. The van der Waals surface area contributed by atoms with Crippen LogP contribution in [0.15, 0.2) is 35.1 Å². The number of H-pyrrole nitrogens is 1. The number of rotatable bonds is 4. The summed E-state index contributed by atoms with van der Waals surface area (Å²) in [7, 11) is 0. The third kappa shape index (κ3) is 3.59. The number of aromatic nitrogens is 1. The SMILES string of the molecule is CC(CN)CNC(=O)c1cc2ccccc2c(=O)[nH]1.Cl. The first-order valence-corrected chi connectivity index (χ1v) is 6.22. The van der Waals surface area contributed by atoms with E-state index in [0.717, 1.165) is 5.39 Å². The van der Waals surface area contributed by atoms with E-state index < -0.39 is 0 Å². The van der Waals surface area contributed by atoms with Gasteiger partial charge in [0.05, 0.1) is 0 Å². The zero-order chi connectivity index (χ0) is 13.8. The molecule has 0 aliphatic rings. The van der Waals surface area contributed by atoms with Crippen LogP contribution in [-0.2, 0) is 0 Å². The van der Waals surface area contributed by atoms with Gasteiger partial charge in [0.2, 0.25) is 0 Å². The molecule has 0 bridgehead atoms. The lowest BCUT2D eigenvalue weighted by Gasteiger charge is -2.10. The predicted octanol–water partition coefficient (Wildman–Crippen LogP) is 1.27. The number of nitrogens with one attached hydrogen (secondary N) is 2. The van der Waals surface area contributed by atoms with Crippen molar-refractivity contribution in [2.24, 2.45) is 11.7 Å². The molecule has 1 amide bonds. The number of amides is 1. The summed E-state index contributed by atoms with van der Waals surface area (Å²) in [6, 6.07) is 8.84. The summed E-state index contributed by atoms with van der Waals surface area (Å²) in [6.45, 7) is 2.95. The van der Waals surface area contributed by atoms with Crippen molar-refractivity contribution in [2.75, 3.05) is 13.1 Å². The topological polar surface area (TPSA) is 88.0 Å². The highest BCUT2D eigenvalue weighted by molar-refractivity contribution is 5.96. The maximum atomic E-state index is 11.9. The van der Waals surface area contributed by atoms with Crippen molar-refractivity contribution in [3.8, 4) is 0 Å². The number of nitrogens with two attached hydrogens (primary N) is 1. The van der Waals surface area contributed by atoms with Crippen molar-refractivity contribution >= 4 is 29.1 Å². The molecule has 0 aliphatic heterocycles.